The van der Waals surface area contributed by atoms with Crippen LogP contribution in [0.2, 0.25) is 0 Å². The molecular weight excluding hydrogens is 320 g/mol. The number of amides is 3. The van der Waals surface area contributed by atoms with Crippen LogP contribution in [-0.2, 0) is 4.79 Å². The Morgan fingerprint density at radius 1 is 1.15 bits per heavy atom. The minimum Gasteiger partial charge on any atom is -0.323 e. The molecule has 1 aliphatic heterocycles. The number of benzene rings is 1. The highest BCUT2D eigenvalue weighted by molar-refractivity contribution is 9.09. The van der Waals surface area contributed by atoms with Crippen LogP contribution in [0.3, 0.4) is 0 Å². The van der Waals surface area contributed by atoms with Gasteiger partial charge in [-0.25, -0.2) is 9.69 Å². The summed E-state index contributed by atoms with van der Waals surface area (Å²) in [5.41, 5.74) is 0.657. The molecule has 0 aromatic heterocycles. The molecule has 20 heavy (non-hydrogen) atoms. The molecule has 1 heterocycles. The Labute approximate surface area is 126 Å². The van der Waals surface area contributed by atoms with Crippen molar-refractivity contribution in [3.8, 4) is 0 Å². The number of carbonyl (C=O) groups excluding carboxylic acids is 2. The van der Waals surface area contributed by atoms with Crippen LogP contribution in [-0.4, -0.2) is 34.8 Å². The molecule has 1 saturated carbocycles. The molecule has 0 N–H and O–H groups in total. The maximum absolute atomic E-state index is 12.7. The Hall–Kier alpha value is -1.36. The fraction of sp³-hybridized carbons (Fsp3) is 0.467. The minimum absolute atomic E-state index is 0.0452. The first-order valence-electron chi connectivity index (χ1n) is 6.89. The number of anilines is 1. The standard InChI is InChI=1S/C15H17BrN2O2/c1-17-13-8-7-10(16)9-12(13)14(19)18(15(17)20)11-5-3-2-4-6-11/h2-6,10,12-13H,7-9H2,1H3. The Bertz CT molecular complexity index is 534. The first-order chi connectivity index (χ1) is 9.59. The van der Waals surface area contributed by atoms with Gasteiger partial charge < -0.3 is 4.90 Å². The second-order valence-electron chi connectivity index (χ2n) is 5.49. The second-order valence-corrected chi connectivity index (χ2v) is 6.78. The van der Waals surface area contributed by atoms with Gasteiger partial charge in [0.25, 0.3) is 0 Å². The maximum atomic E-state index is 12.7. The van der Waals surface area contributed by atoms with Crippen LogP contribution < -0.4 is 4.90 Å². The number of imide groups is 1. The molecule has 1 aromatic carbocycles. The summed E-state index contributed by atoms with van der Waals surface area (Å²) in [6, 6.07) is 9.01. The summed E-state index contributed by atoms with van der Waals surface area (Å²) in [7, 11) is 1.80. The molecule has 3 atom stereocenters. The van der Waals surface area contributed by atoms with E-state index in [2.05, 4.69) is 15.9 Å². The molecule has 0 bridgehead atoms. The van der Waals surface area contributed by atoms with Crippen molar-refractivity contribution in [1.29, 1.82) is 0 Å². The van der Waals surface area contributed by atoms with E-state index >= 15 is 0 Å². The second kappa shape index (κ2) is 5.20. The van der Waals surface area contributed by atoms with Crippen molar-refractivity contribution in [3.63, 3.8) is 0 Å². The number of rotatable bonds is 1. The zero-order valence-electron chi connectivity index (χ0n) is 11.3. The number of hydrogen-bond donors (Lipinski definition) is 0. The molecule has 1 aromatic rings. The van der Waals surface area contributed by atoms with Crippen LogP contribution >= 0.6 is 15.9 Å². The molecule has 2 aliphatic rings. The molecule has 3 unspecified atom stereocenters. The van der Waals surface area contributed by atoms with Crippen LogP contribution in [0.4, 0.5) is 10.5 Å². The molecule has 1 aliphatic carbocycles. The lowest BCUT2D eigenvalue weighted by Crippen LogP contribution is -2.62. The quantitative estimate of drug-likeness (QED) is 0.739. The third kappa shape index (κ3) is 2.14. The van der Waals surface area contributed by atoms with Gasteiger partial charge in [-0.3, -0.25) is 4.79 Å². The van der Waals surface area contributed by atoms with Gasteiger partial charge in [-0.15, -0.1) is 0 Å². The number of halogens is 1. The Kier molecular flexibility index (Phi) is 3.54. The number of hydrogen-bond acceptors (Lipinski definition) is 2. The van der Waals surface area contributed by atoms with Crippen molar-refractivity contribution in [2.24, 2.45) is 5.92 Å². The van der Waals surface area contributed by atoms with E-state index in [4.69, 9.17) is 0 Å². The maximum Gasteiger partial charge on any atom is 0.331 e. The first kappa shape index (κ1) is 13.6. The summed E-state index contributed by atoms with van der Waals surface area (Å²) in [5, 5.41) is 0. The summed E-state index contributed by atoms with van der Waals surface area (Å²) < 4.78 is 0. The highest BCUT2D eigenvalue weighted by Gasteiger charge is 2.47. The smallest absolute Gasteiger partial charge is 0.323 e. The van der Waals surface area contributed by atoms with E-state index in [0.29, 0.717) is 10.5 Å². The van der Waals surface area contributed by atoms with Crippen LogP contribution in [0.15, 0.2) is 30.3 Å². The molecule has 5 heteroatoms. The van der Waals surface area contributed by atoms with Gasteiger partial charge in [0, 0.05) is 17.9 Å². The van der Waals surface area contributed by atoms with E-state index < -0.39 is 0 Å². The van der Waals surface area contributed by atoms with E-state index in [1.54, 1.807) is 24.1 Å². The van der Waals surface area contributed by atoms with Gasteiger partial charge >= 0.3 is 6.03 Å². The van der Waals surface area contributed by atoms with Crippen LogP contribution in [0.1, 0.15) is 19.3 Å². The molecule has 2 fully saturated rings. The molecule has 0 radical (unpaired) electrons. The largest absolute Gasteiger partial charge is 0.331 e. The molecule has 0 spiro atoms. The number of urea groups is 1. The number of nitrogens with zero attached hydrogens (tertiary/aromatic N) is 2. The van der Waals surface area contributed by atoms with E-state index in [9.17, 15) is 9.59 Å². The monoisotopic (exact) mass is 336 g/mol. The average molecular weight is 337 g/mol. The summed E-state index contributed by atoms with van der Waals surface area (Å²) in [6.45, 7) is 0. The SMILES string of the molecule is CN1C(=O)N(c2ccccc2)C(=O)C2CC(Br)CCC21. The first-order valence-corrected chi connectivity index (χ1v) is 7.81. The van der Waals surface area contributed by atoms with Gasteiger partial charge in [0.15, 0.2) is 0 Å². The highest BCUT2D eigenvalue weighted by atomic mass is 79.9. The molecular formula is C15H17BrN2O2. The fourth-order valence-electron chi connectivity index (χ4n) is 3.21. The molecule has 3 amide bonds. The summed E-state index contributed by atoms with van der Waals surface area (Å²) >= 11 is 3.61. The molecule has 4 nitrogen and oxygen atoms in total. The van der Waals surface area contributed by atoms with Gasteiger partial charge in [-0.1, -0.05) is 34.1 Å². The molecule has 3 rings (SSSR count). The van der Waals surface area contributed by atoms with E-state index in [-0.39, 0.29) is 23.9 Å². The van der Waals surface area contributed by atoms with Crippen LogP contribution in [0.5, 0.6) is 0 Å². The third-order valence-electron chi connectivity index (χ3n) is 4.29. The topological polar surface area (TPSA) is 40.6 Å². The van der Waals surface area contributed by atoms with Gasteiger partial charge in [0.2, 0.25) is 5.91 Å². The van der Waals surface area contributed by atoms with Crippen molar-refractivity contribution in [2.45, 2.75) is 30.1 Å². The van der Waals surface area contributed by atoms with Crippen molar-refractivity contribution in [3.05, 3.63) is 30.3 Å². The number of carbonyl (C=O) groups is 2. The van der Waals surface area contributed by atoms with Gasteiger partial charge in [-0.05, 0) is 31.4 Å². The van der Waals surface area contributed by atoms with Crippen LogP contribution in [0, 0.1) is 5.92 Å². The van der Waals surface area contributed by atoms with E-state index in [1.807, 2.05) is 18.2 Å². The zero-order chi connectivity index (χ0) is 14.3. The summed E-state index contributed by atoms with van der Waals surface area (Å²) in [6.07, 6.45) is 2.69. The highest BCUT2D eigenvalue weighted by Crippen LogP contribution is 2.37. The number of para-hydroxylation sites is 1. The molecule has 106 valence electrons. The van der Waals surface area contributed by atoms with E-state index in [1.165, 1.54) is 4.90 Å². The zero-order valence-corrected chi connectivity index (χ0v) is 12.9. The van der Waals surface area contributed by atoms with Gasteiger partial charge in [0.05, 0.1) is 11.6 Å². The Morgan fingerprint density at radius 2 is 1.85 bits per heavy atom. The van der Waals surface area contributed by atoms with Crippen molar-refractivity contribution in [2.75, 3.05) is 11.9 Å². The summed E-state index contributed by atoms with van der Waals surface area (Å²) in [5.74, 6) is -0.163. The molecule has 1 saturated heterocycles. The Morgan fingerprint density at radius 3 is 2.55 bits per heavy atom. The minimum atomic E-state index is -0.213. The van der Waals surface area contributed by atoms with Gasteiger partial charge in [-0.2, -0.15) is 0 Å². The Balaban J connectivity index is 1.96. The van der Waals surface area contributed by atoms with Crippen molar-refractivity contribution < 1.29 is 9.59 Å². The van der Waals surface area contributed by atoms with E-state index in [0.717, 1.165) is 19.3 Å². The van der Waals surface area contributed by atoms with Crippen molar-refractivity contribution in [1.82, 2.24) is 4.90 Å². The normalized spacial score (nSPS) is 30.4. The lowest BCUT2D eigenvalue weighted by Gasteiger charge is -2.46. The lowest BCUT2D eigenvalue weighted by molar-refractivity contribution is -0.126. The van der Waals surface area contributed by atoms with Crippen LogP contribution in [0.25, 0.3) is 0 Å². The number of fused-ring (bicyclic) bond motifs is 1. The fourth-order valence-corrected chi connectivity index (χ4v) is 3.87. The lowest BCUT2D eigenvalue weighted by atomic mass is 9.81. The van der Waals surface area contributed by atoms with Crippen molar-refractivity contribution >= 4 is 33.6 Å². The predicted octanol–water partition coefficient (Wildman–Crippen LogP) is 3.02. The van der Waals surface area contributed by atoms with Gasteiger partial charge in [0.1, 0.15) is 0 Å². The average Bonchev–Trinajstić information content (AvgIpc) is 2.46. The predicted molar refractivity (Wildman–Crippen MR) is 80.9 cm³/mol. The number of alkyl halides is 1. The summed E-state index contributed by atoms with van der Waals surface area (Å²) in [4.78, 5) is 28.6. The third-order valence-corrected chi connectivity index (χ3v) is 5.12.